The zero-order valence-corrected chi connectivity index (χ0v) is 20.2. The molecule has 1 aliphatic heterocycles. The number of amides is 1. The zero-order chi connectivity index (χ0) is 25.6. The molecule has 0 radical (unpaired) electrons. The molecule has 1 aromatic carbocycles. The fourth-order valence-corrected chi connectivity index (χ4v) is 4.91. The van der Waals surface area contributed by atoms with Crippen LogP contribution in [0, 0.1) is 0 Å². The number of carbonyl (C=O) groups is 1. The molecular formula is C25H27F3N6O2. The number of anilines is 1. The second-order valence-electron chi connectivity index (χ2n) is 9.20. The van der Waals surface area contributed by atoms with E-state index in [2.05, 4.69) is 15.6 Å². The summed E-state index contributed by atoms with van der Waals surface area (Å²) in [6.07, 6.45) is -4.66. The van der Waals surface area contributed by atoms with Crippen molar-refractivity contribution in [3.05, 3.63) is 47.5 Å². The Morgan fingerprint density at radius 1 is 1.14 bits per heavy atom. The van der Waals surface area contributed by atoms with Crippen molar-refractivity contribution < 1.29 is 22.7 Å². The van der Waals surface area contributed by atoms with Crippen LogP contribution in [0.15, 0.2) is 36.4 Å². The molecular weight excluding hydrogens is 473 g/mol. The standard InChI is InChI=1S/C25H27F3N6O2/c1-14-12-33(13-15(2)30-14)21-11-18(25(26,27)28)16-10-17(24(35)29-8-9-36-3)23-31-19-6-4-5-7-20(19)34(23)22(16)32-21/h4-7,10-11,14-15,30H,8-9,12-13H2,1-3H3,(H,29,35). The topological polar surface area (TPSA) is 83.8 Å². The number of ether oxygens (including phenoxy) is 1. The minimum Gasteiger partial charge on any atom is -0.383 e. The smallest absolute Gasteiger partial charge is 0.383 e. The molecule has 11 heteroatoms. The number of piperazine rings is 1. The van der Waals surface area contributed by atoms with Crippen molar-refractivity contribution in [3.8, 4) is 0 Å². The molecule has 0 spiro atoms. The van der Waals surface area contributed by atoms with Gasteiger partial charge in [-0.3, -0.25) is 9.20 Å². The molecule has 2 unspecified atom stereocenters. The maximum absolute atomic E-state index is 14.4. The maximum Gasteiger partial charge on any atom is 0.417 e. The van der Waals surface area contributed by atoms with Crippen LogP contribution in [0.4, 0.5) is 19.0 Å². The van der Waals surface area contributed by atoms with Crippen LogP contribution in [-0.4, -0.2) is 65.7 Å². The summed E-state index contributed by atoms with van der Waals surface area (Å²) in [5.41, 5.74) is 0.686. The molecule has 1 amide bonds. The summed E-state index contributed by atoms with van der Waals surface area (Å²) < 4.78 is 49.9. The van der Waals surface area contributed by atoms with Crippen molar-refractivity contribution in [1.29, 1.82) is 0 Å². The van der Waals surface area contributed by atoms with Gasteiger partial charge in [0.1, 0.15) is 11.5 Å². The Morgan fingerprint density at radius 2 is 1.86 bits per heavy atom. The highest BCUT2D eigenvalue weighted by atomic mass is 19.4. The Hall–Kier alpha value is -3.44. The van der Waals surface area contributed by atoms with Crippen molar-refractivity contribution in [2.45, 2.75) is 32.1 Å². The Bertz CT molecular complexity index is 1440. The van der Waals surface area contributed by atoms with Gasteiger partial charge in [-0.25, -0.2) is 9.97 Å². The van der Waals surface area contributed by atoms with Crippen LogP contribution in [0.1, 0.15) is 29.8 Å². The Kier molecular flexibility index (Phi) is 6.21. The van der Waals surface area contributed by atoms with E-state index in [9.17, 15) is 18.0 Å². The van der Waals surface area contributed by atoms with E-state index in [4.69, 9.17) is 9.72 Å². The lowest BCUT2D eigenvalue weighted by molar-refractivity contribution is -0.136. The predicted octanol–water partition coefficient (Wildman–Crippen LogP) is 3.62. The Morgan fingerprint density at radius 3 is 2.56 bits per heavy atom. The molecule has 2 N–H and O–H groups in total. The number of para-hydroxylation sites is 2. The van der Waals surface area contributed by atoms with Crippen molar-refractivity contribution in [2.24, 2.45) is 0 Å². The second-order valence-corrected chi connectivity index (χ2v) is 9.20. The van der Waals surface area contributed by atoms with Gasteiger partial charge in [0.25, 0.3) is 5.91 Å². The summed E-state index contributed by atoms with van der Waals surface area (Å²) in [4.78, 5) is 24.3. The first-order valence-electron chi connectivity index (χ1n) is 11.8. The number of imidazole rings is 1. The van der Waals surface area contributed by atoms with Gasteiger partial charge in [-0.15, -0.1) is 0 Å². The number of hydrogen-bond donors (Lipinski definition) is 2. The monoisotopic (exact) mass is 500 g/mol. The third-order valence-electron chi connectivity index (χ3n) is 6.35. The zero-order valence-electron chi connectivity index (χ0n) is 20.2. The van der Waals surface area contributed by atoms with E-state index in [0.717, 1.165) is 6.07 Å². The first-order chi connectivity index (χ1) is 17.2. The van der Waals surface area contributed by atoms with Gasteiger partial charge in [-0.05, 0) is 38.1 Å². The van der Waals surface area contributed by atoms with E-state index < -0.39 is 17.6 Å². The fourth-order valence-electron chi connectivity index (χ4n) is 4.91. The number of fused-ring (bicyclic) bond motifs is 5. The summed E-state index contributed by atoms with van der Waals surface area (Å²) in [5, 5.41) is 5.93. The molecule has 190 valence electrons. The minimum atomic E-state index is -4.66. The van der Waals surface area contributed by atoms with Crippen LogP contribution in [0.25, 0.3) is 27.7 Å². The third-order valence-corrected chi connectivity index (χ3v) is 6.35. The number of aromatic nitrogens is 3. The van der Waals surface area contributed by atoms with Crippen molar-refractivity contribution in [1.82, 2.24) is 25.0 Å². The highest BCUT2D eigenvalue weighted by molar-refractivity contribution is 6.06. The number of pyridine rings is 2. The van der Waals surface area contributed by atoms with Gasteiger partial charge >= 0.3 is 6.18 Å². The predicted molar refractivity (Wildman–Crippen MR) is 131 cm³/mol. The van der Waals surface area contributed by atoms with Crippen molar-refractivity contribution >= 4 is 39.4 Å². The number of nitrogens with one attached hydrogen (secondary N) is 2. The number of methoxy groups -OCH3 is 1. The molecule has 1 aliphatic rings. The average Bonchev–Trinajstić information content (AvgIpc) is 3.21. The highest BCUT2D eigenvalue weighted by Gasteiger charge is 2.36. The van der Waals surface area contributed by atoms with Gasteiger partial charge in [-0.1, -0.05) is 12.1 Å². The molecule has 3 aromatic heterocycles. The molecule has 4 aromatic rings. The van der Waals surface area contributed by atoms with Gasteiger partial charge < -0.3 is 20.3 Å². The van der Waals surface area contributed by atoms with Crippen LogP contribution < -0.4 is 15.5 Å². The normalized spacial score (nSPS) is 18.9. The van der Waals surface area contributed by atoms with Gasteiger partial charge in [0.05, 0.1) is 28.8 Å². The van der Waals surface area contributed by atoms with Crippen molar-refractivity contribution in [3.63, 3.8) is 0 Å². The summed E-state index contributed by atoms with van der Waals surface area (Å²) >= 11 is 0. The van der Waals surface area contributed by atoms with E-state index >= 15 is 0 Å². The summed E-state index contributed by atoms with van der Waals surface area (Å²) in [7, 11) is 1.50. The van der Waals surface area contributed by atoms with Crippen LogP contribution in [0.5, 0.6) is 0 Å². The number of carbonyl (C=O) groups excluding carboxylic acids is 1. The minimum absolute atomic E-state index is 0.0410. The summed E-state index contributed by atoms with van der Waals surface area (Å²) in [5.74, 6) is -0.289. The SMILES string of the molecule is COCCNC(=O)c1cc2c(C(F)(F)F)cc(N3CC(C)NC(C)C3)nc2n2c1nc1ccccc12. The second kappa shape index (κ2) is 9.21. The molecule has 4 heterocycles. The number of hydrogen-bond acceptors (Lipinski definition) is 6. The van der Waals surface area contributed by atoms with Gasteiger partial charge in [-0.2, -0.15) is 13.2 Å². The summed E-state index contributed by atoms with van der Waals surface area (Å²) in [6.45, 7) is 5.51. The van der Waals surface area contributed by atoms with Gasteiger partial charge in [0.2, 0.25) is 0 Å². The molecule has 1 fully saturated rings. The molecule has 0 aliphatic carbocycles. The largest absolute Gasteiger partial charge is 0.417 e. The molecule has 36 heavy (non-hydrogen) atoms. The van der Waals surface area contributed by atoms with Gasteiger partial charge in [0, 0.05) is 44.2 Å². The number of nitrogens with zero attached hydrogens (tertiary/aromatic N) is 4. The van der Waals surface area contributed by atoms with E-state index in [1.807, 2.05) is 18.7 Å². The lowest BCUT2D eigenvalue weighted by Gasteiger charge is -2.37. The lowest BCUT2D eigenvalue weighted by atomic mass is 10.1. The van der Waals surface area contributed by atoms with E-state index in [-0.39, 0.29) is 53.3 Å². The maximum atomic E-state index is 14.4. The number of alkyl halides is 3. The van der Waals surface area contributed by atoms with Crippen LogP contribution in [0.3, 0.4) is 0 Å². The lowest BCUT2D eigenvalue weighted by Crippen LogP contribution is -2.54. The quantitative estimate of drug-likeness (QED) is 0.408. The number of halogens is 3. The molecule has 2 atom stereocenters. The number of rotatable bonds is 5. The highest BCUT2D eigenvalue weighted by Crippen LogP contribution is 2.38. The fraction of sp³-hybridized carbons (Fsp3) is 0.400. The average molecular weight is 501 g/mol. The van der Waals surface area contributed by atoms with Crippen molar-refractivity contribution in [2.75, 3.05) is 38.3 Å². The summed E-state index contributed by atoms with van der Waals surface area (Å²) in [6, 6.07) is 9.61. The first kappa shape index (κ1) is 24.3. The van der Waals surface area contributed by atoms with Gasteiger partial charge in [0.15, 0.2) is 5.65 Å². The van der Waals surface area contributed by atoms with E-state index in [1.165, 1.54) is 13.2 Å². The first-order valence-corrected chi connectivity index (χ1v) is 11.8. The van der Waals surface area contributed by atoms with Crippen LogP contribution >= 0.6 is 0 Å². The molecule has 8 nitrogen and oxygen atoms in total. The Balaban J connectivity index is 1.82. The third kappa shape index (κ3) is 4.33. The number of benzene rings is 1. The molecule has 0 bridgehead atoms. The van der Waals surface area contributed by atoms with Crippen LogP contribution in [-0.2, 0) is 10.9 Å². The molecule has 1 saturated heterocycles. The van der Waals surface area contributed by atoms with E-state index in [0.29, 0.717) is 24.1 Å². The molecule has 5 rings (SSSR count). The Labute approximate surface area is 205 Å². The van der Waals surface area contributed by atoms with Crippen LogP contribution in [0.2, 0.25) is 0 Å². The van der Waals surface area contributed by atoms with E-state index in [1.54, 1.807) is 28.7 Å². The molecule has 0 saturated carbocycles.